The van der Waals surface area contributed by atoms with Gasteiger partial charge in [-0.2, -0.15) is 0 Å². The molecule has 3 heterocycles. The van der Waals surface area contributed by atoms with Crippen LogP contribution in [0.15, 0.2) is 182 Å². The number of nitrogens with zero attached hydrogens (tertiary/aromatic N) is 2. The zero-order valence-electron chi connectivity index (χ0n) is 28.0. The molecule has 0 saturated carbocycles. The van der Waals surface area contributed by atoms with Crippen molar-refractivity contribution >= 4 is 102 Å². The van der Waals surface area contributed by atoms with Crippen LogP contribution in [0.3, 0.4) is 0 Å². The van der Waals surface area contributed by atoms with Gasteiger partial charge in [0.1, 0.15) is 0 Å². The van der Waals surface area contributed by atoms with E-state index in [-0.39, 0.29) is 0 Å². The zero-order valence-corrected chi connectivity index (χ0v) is 29.7. The third-order valence-corrected chi connectivity index (χ3v) is 12.8. The van der Waals surface area contributed by atoms with Crippen molar-refractivity contribution in [3.63, 3.8) is 0 Å². The van der Waals surface area contributed by atoms with Crippen molar-refractivity contribution in [3.8, 4) is 16.8 Å². The minimum Gasteiger partial charge on any atom is -0.309 e. The molecule has 0 radical (unpaired) electrons. The summed E-state index contributed by atoms with van der Waals surface area (Å²) in [5.41, 5.74) is 9.45. The number of benzene rings is 8. The monoisotopic (exact) mass is 698 g/mol. The second-order valence-electron chi connectivity index (χ2n) is 13.3. The second kappa shape index (κ2) is 11.7. The molecule has 11 rings (SSSR count). The smallest absolute Gasteiger partial charge is 0.0640 e. The van der Waals surface area contributed by atoms with Crippen molar-refractivity contribution in [3.05, 3.63) is 182 Å². The highest BCUT2D eigenvalue weighted by molar-refractivity contribution is 7.26. The van der Waals surface area contributed by atoms with Gasteiger partial charge in [0.15, 0.2) is 0 Å². The van der Waals surface area contributed by atoms with E-state index in [1.807, 2.05) is 22.7 Å². The second-order valence-corrected chi connectivity index (χ2v) is 15.4. The van der Waals surface area contributed by atoms with Crippen LogP contribution in [0.2, 0.25) is 0 Å². The third kappa shape index (κ3) is 4.42. The van der Waals surface area contributed by atoms with Crippen LogP contribution in [0.4, 0.5) is 17.1 Å². The lowest BCUT2D eigenvalue weighted by atomic mass is 9.99. The predicted molar refractivity (Wildman–Crippen MR) is 227 cm³/mol. The van der Waals surface area contributed by atoms with Gasteiger partial charge in [0.2, 0.25) is 0 Å². The predicted octanol–water partition coefficient (Wildman–Crippen LogP) is 14.7. The van der Waals surface area contributed by atoms with Gasteiger partial charge in [-0.1, -0.05) is 127 Å². The van der Waals surface area contributed by atoms with E-state index < -0.39 is 0 Å². The molecular weight excluding hydrogens is 669 g/mol. The van der Waals surface area contributed by atoms with Gasteiger partial charge in [-0.05, 0) is 54.6 Å². The van der Waals surface area contributed by atoms with Gasteiger partial charge in [0.25, 0.3) is 0 Å². The highest BCUT2D eigenvalue weighted by Gasteiger charge is 2.23. The van der Waals surface area contributed by atoms with Gasteiger partial charge in [0.05, 0.1) is 27.1 Å². The molecule has 0 bridgehead atoms. The molecule has 2 nitrogen and oxygen atoms in total. The van der Waals surface area contributed by atoms with Crippen LogP contribution in [-0.2, 0) is 0 Å². The van der Waals surface area contributed by atoms with Gasteiger partial charge in [-0.25, -0.2) is 0 Å². The van der Waals surface area contributed by atoms with Crippen molar-refractivity contribution in [2.24, 2.45) is 0 Å². The Morgan fingerprint density at radius 3 is 1.73 bits per heavy atom. The Morgan fingerprint density at radius 1 is 0.365 bits per heavy atom. The summed E-state index contributed by atoms with van der Waals surface area (Å²) in [6.45, 7) is 0. The van der Waals surface area contributed by atoms with Crippen LogP contribution < -0.4 is 4.90 Å². The van der Waals surface area contributed by atoms with Crippen molar-refractivity contribution in [2.75, 3.05) is 4.90 Å². The molecule has 0 atom stereocenters. The molecule has 8 aromatic carbocycles. The molecule has 0 spiro atoms. The number of para-hydroxylation sites is 3. The van der Waals surface area contributed by atoms with Crippen LogP contribution in [0.1, 0.15) is 0 Å². The molecule has 4 heteroatoms. The summed E-state index contributed by atoms with van der Waals surface area (Å²) >= 11 is 3.76. The molecule has 0 aliphatic carbocycles. The van der Waals surface area contributed by atoms with Gasteiger partial charge in [-0.3, -0.25) is 0 Å². The first kappa shape index (κ1) is 29.5. The summed E-state index contributed by atoms with van der Waals surface area (Å²) < 4.78 is 7.62. The Hall–Kier alpha value is -6.20. The summed E-state index contributed by atoms with van der Waals surface area (Å²) in [6.07, 6.45) is 0. The molecule has 0 unspecified atom stereocenters. The summed E-state index contributed by atoms with van der Waals surface area (Å²) in [6, 6.07) is 66.6. The molecule has 0 aliphatic heterocycles. The van der Waals surface area contributed by atoms with Gasteiger partial charge >= 0.3 is 0 Å². The first-order valence-corrected chi connectivity index (χ1v) is 19.2. The van der Waals surface area contributed by atoms with E-state index in [9.17, 15) is 0 Å². The average molecular weight is 699 g/mol. The molecule has 0 N–H and O–H groups in total. The highest BCUT2D eigenvalue weighted by atomic mass is 32.1. The average Bonchev–Trinajstić information content (AvgIpc) is 3.88. The Labute approximate surface area is 308 Å². The SMILES string of the molecule is c1ccc(-n2c3ccccc3c3ccc(N(c4ccccc4-c4cccc5c4sc4ccccc45)c4cccc5c4sc4ccccc45)cc32)cc1. The van der Waals surface area contributed by atoms with E-state index in [4.69, 9.17) is 0 Å². The maximum atomic E-state index is 2.51. The summed E-state index contributed by atoms with van der Waals surface area (Å²) in [5, 5.41) is 7.70. The fourth-order valence-corrected chi connectivity index (χ4v) is 10.6. The highest BCUT2D eigenvalue weighted by Crippen LogP contribution is 2.50. The number of thiophene rings is 2. The Bertz CT molecular complexity index is 3150. The van der Waals surface area contributed by atoms with Crippen LogP contribution in [0, 0.1) is 0 Å². The van der Waals surface area contributed by atoms with E-state index in [0.717, 1.165) is 17.1 Å². The fraction of sp³-hybridized carbons (Fsp3) is 0. The Balaban J connectivity index is 1.23. The standard InChI is InChI=1S/C48H30N2S2/c1-2-14-31(15-3-1)49-41-23-8-4-16-33(41)35-29-28-32(30-44(35)49)50(43-25-13-22-40-37-19-7-11-27-46(37)52-48(40)43)42-24-9-5-17-34(42)38-20-12-21-39-36-18-6-10-26-45(36)51-47(38)39/h1-30H. The maximum Gasteiger partial charge on any atom is 0.0640 e. The van der Waals surface area contributed by atoms with E-state index in [1.54, 1.807) is 0 Å². The van der Waals surface area contributed by atoms with E-state index >= 15 is 0 Å². The summed E-state index contributed by atoms with van der Waals surface area (Å²) in [4.78, 5) is 2.51. The van der Waals surface area contributed by atoms with Crippen molar-refractivity contribution in [2.45, 2.75) is 0 Å². The normalized spacial score (nSPS) is 11.8. The summed E-state index contributed by atoms with van der Waals surface area (Å²) in [5.74, 6) is 0. The molecule has 0 fully saturated rings. The minimum absolute atomic E-state index is 1.12. The summed E-state index contributed by atoms with van der Waals surface area (Å²) in [7, 11) is 0. The molecule has 0 amide bonds. The number of rotatable bonds is 5. The van der Waals surface area contributed by atoms with Crippen molar-refractivity contribution in [1.82, 2.24) is 4.57 Å². The number of hydrogen-bond donors (Lipinski definition) is 0. The van der Waals surface area contributed by atoms with E-state index in [1.165, 1.54) is 79.0 Å². The van der Waals surface area contributed by atoms with Crippen molar-refractivity contribution in [1.29, 1.82) is 0 Å². The largest absolute Gasteiger partial charge is 0.309 e. The lowest BCUT2D eigenvalue weighted by Gasteiger charge is -2.28. The van der Waals surface area contributed by atoms with Crippen LogP contribution in [0.25, 0.3) is 79.0 Å². The topological polar surface area (TPSA) is 8.17 Å². The van der Waals surface area contributed by atoms with Crippen molar-refractivity contribution < 1.29 is 0 Å². The molecule has 244 valence electrons. The number of anilines is 3. The quantitative estimate of drug-likeness (QED) is 0.174. The molecule has 0 saturated heterocycles. The molecular formula is C48H30N2S2. The van der Waals surface area contributed by atoms with Gasteiger partial charge < -0.3 is 9.47 Å². The zero-order chi connectivity index (χ0) is 34.2. The minimum atomic E-state index is 1.12. The van der Waals surface area contributed by atoms with E-state index in [0.29, 0.717) is 0 Å². The fourth-order valence-electron chi connectivity index (χ4n) is 8.13. The lowest BCUT2D eigenvalue weighted by Crippen LogP contribution is -2.11. The van der Waals surface area contributed by atoms with Gasteiger partial charge in [-0.15, -0.1) is 22.7 Å². The Kier molecular flexibility index (Phi) is 6.63. The molecule has 11 aromatic rings. The molecule has 52 heavy (non-hydrogen) atoms. The molecule has 3 aromatic heterocycles. The van der Waals surface area contributed by atoms with Crippen LogP contribution in [0.5, 0.6) is 0 Å². The van der Waals surface area contributed by atoms with Crippen LogP contribution in [-0.4, -0.2) is 4.57 Å². The van der Waals surface area contributed by atoms with Gasteiger partial charge in [0, 0.05) is 68.9 Å². The Morgan fingerprint density at radius 2 is 0.923 bits per heavy atom. The number of hydrogen-bond acceptors (Lipinski definition) is 3. The maximum absolute atomic E-state index is 2.51. The lowest BCUT2D eigenvalue weighted by molar-refractivity contribution is 1.18. The third-order valence-electron chi connectivity index (χ3n) is 10.4. The number of aromatic nitrogens is 1. The van der Waals surface area contributed by atoms with Crippen LogP contribution >= 0.6 is 22.7 Å². The first-order valence-electron chi connectivity index (χ1n) is 17.6. The molecule has 0 aliphatic rings. The van der Waals surface area contributed by atoms with E-state index in [2.05, 4.69) is 191 Å². The number of fused-ring (bicyclic) bond motifs is 9. The first-order chi connectivity index (χ1) is 25.8.